The molecule has 2 rings (SSSR count). The van der Waals surface area contributed by atoms with Gasteiger partial charge in [-0.2, -0.15) is 0 Å². The number of aliphatic hydroxyl groups is 1. The molecule has 1 heterocycles. The lowest BCUT2D eigenvalue weighted by atomic mass is 10.2. The highest BCUT2D eigenvalue weighted by Crippen LogP contribution is 2.30. The molecule has 0 spiro atoms. The number of anilines is 1. The molecule has 4 heteroatoms. The third kappa shape index (κ3) is 2.94. The maximum atomic E-state index is 9.55. The Labute approximate surface area is 109 Å². The molecule has 100 valence electrons. The number of para-hydroxylation sites is 2. The topological polar surface area (TPSA) is 44.7 Å². The molecule has 1 aromatic carbocycles. The predicted octanol–water partition coefficient (Wildman–Crippen LogP) is 1.25. The molecule has 1 atom stereocenters. The number of nitrogens with one attached hydrogen (secondary N) is 1. The molecule has 0 aliphatic carbocycles. The van der Waals surface area contributed by atoms with Gasteiger partial charge in [-0.05, 0) is 32.0 Å². The first-order valence-electron chi connectivity index (χ1n) is 6.67. The molecular weight excluding hydrogens is 228 g/mol. The number of ether oxygens (including phenoxy) is 1. The number of rotatable bonds is 4. The Morgan fingerprint density at radius 3 is 3.06 bits per heavy atom. The Kier molecular flexibility index (Phi) is 4.84. The predicted molar refractivity (Wildman–Crippen MR) is 73.3 cm³/mol. The standard InChI is InChI=1S/C14H22N2O2/c1-2-18-14-7-4-3-6-13(14)16-9-5-8-15-10-12(16)11-17/h3-4,6-7,12,15,17H,2,5,8-11H2,1H3. The van der Waals surface area contributed by atoms with Crippen LogP contribution in [-0.4, -0.2) is 44.0 Å². The number of hydrogen-bond acceptors (Lipinski definition) is 4. The van der Waals surface area contributed by atoms with Crippen molar-refractivity contribution in [3.8, 4) is 5.75 Å². The quantitative estimate of drug-likeness (QED) is 0.844. The zero-order valence-corrected chi connectivity index (χ0v) is 10.9. The summed E-state index contributed by atoms with van der Waals surface area (Å²) in [6.07, 6.45) is 1.08. The smallest absolute Gasteiger partial charge is 0.142 e. The third-order valence-corrected chi connectivity index (χ3v) is 3.26. The first-order chi connectivity index (χ1) is 8.86. The van der Waals surface area contributed by atoms with Gasteiger partial charge in [-0.1, -0.05) is 12.1 Å². The summed E-state index contributed by atoms with van der Waals surface area (Å²) in [5.41, 5.74) is 1.09. The molecule has 1 aliphatic heterocycles. The summed E-state index contributed by atoms with van der Waals surface area (Å²) in [7, 11) is 0. The second-order valence-electron chi connectivity index (χ2n) is 4.49. The average Bonchev–Trinajstić information content (AvgIpc) is 2.65. The van der Waals surface area contributed by atoms with Gasteiger partial charge in [-0.15, -0.1) is 0 Å². The van der Waals surface area contributed by atoms with Gasteiger partial charge in [0.2, 0.25) is 0 Å². The van der Waals surface area contributed by atoms with Crippen LogP contribution >= 0.6 is 0 Å². The van der Waals surface area contributed by atoms with E-state index >= 15 is 0 Å². The summed E-state index contributed by atoms with van der Waals surface area (Å²) in [5, 5.41) is 12.9. The van der Waals surface area contributed by atoms with Crippen LogP contribution in [0.25, 0.3) is 0 Å². The Hall–Kier alpha value is -1.26. The van der Waals surface area contributed by atoms with Crippen molar-refractivity contribution in [3.63, 3.8) is 0 Å². The van der Waals surface area contributed by atoms with E-state index in [1.807, 2.05) is 25.1 Å². The van der Waals surface area contributed by atoms with Crippen molar-refractivity contribution in [2.24, 2.45) is 0 Å². The van der Waals surface area contributed by atoms with Gasteiger partial charge >= 0.3 is 0 Å². The Bertz CT molecular complexity index is 371. The highest BCUT2D eigenvalue weighted by Gasteiger charge is 2.22. The molecule has 1 fully saturated rings. The van der Waals surface area contributed by atoms with Crippen LogP contribution in [0.2, 0.25) is 0 Å². The molecule has 2 N–H and O–H groups in total. The van der Waals surface area contributed by atoms with Gasteiger partial charge in [0, 0.05) is 13.1 Å². The van der Waals surface area contributed by atoms with E-state index < -0.39 is 0 Å². The summed E-state index contributed by atoms with van der Waals surface area (Å²) in [5.74, 6) is 0.903. The molecule has 1 unspecified atom stereocenters. The molecule has 4 nitrogen and oxygen atoms in total. The van der Waals surface area contributed by atoms with E-state index in [-0.39, 0.29) is 12.6 Å². The van der Waals surface area contributed by atoms with E-state index in [4.69, 9.17) is 4.74 Å². The van der Waals surface area contributed by atoms with Gasteiger partial charge in [-0.25, -0.2) is 0 Å². The molecule has 0 saturated carbocycles. The van der Waals surface area contributed by atoms with Crippen LogP contribution in [0.4, 0.5) is 5.69 Å². The molecule has 18 heavy (non-hydrogen) atoms. The highest BCUT2D eigenvalue weighted by molar-refractivity contribution is 5.59. The van der Waals surface area contributed by atoms with Crippen molar-refractivity contribution in [1.29, 1.82) is 0 Å². The molecule has 0 aromatic heterocycles. The average molecular weight is 250 g/mol. The van der Waals surface area contributed by atoms with Crippen molar-refractivity contribution in [3.05, 3.63) is 24.3 Å². The van der Waals surface area contributed by atoms with Crippen LogP contribution in [0.15, 0.2) is 24.3 Å². The molecular formula is C14H22N2O2. The monoisotopic (exact) mass is 250 g/mol. The Morgan fingerprint density at radius 2 is 2.28 bits per heavy atom. The summed E-state index contributed by atoms with van der Waals surface area (Å²) in [6.45, 7) is 5.58. The fourth-order valence-electron chi connectivity index (χ4n) is 2.39. The second-order valence-corrected chi connectivity index (χ2v) is 4.49. The largest absolute Gasteiger partial charge is 0.492 e. The van der Waals surface area contributed by atoms with E-state index in [1.54, 1.807) is 0 Å². The minimum atomic E-state index is 0.120. The summed E-state index contributed by atoms with van der Waals surface area (Å²) < 4.78 is 5.68. The molecule has 1 aromatic rings. The van der Waals surface area contributed by atoms with E-state index in [2.05, 4.69) is 16.3 Å². The molecule has 0 radical (unpaired) electrons. The SMILES string of the molecule is CCOc1ccccc1N1CCCNCC1CO. The van der Waals surface area contributed by atoms with Gasteiger partial charge in [0.05, 0.1) is 24.9 Å². The lowest BCUT2D eigenvalue weighted by Crippen LogP contribution is -2.42. The number of hydrogen-bond donors (Lipinski definition) is 2. The second kappa shape index (κ2) is 6.61. The molecule has 0 bridgehead atoms. The summed E-state index contributed by atoms with van der Waals surface area (Å²) in [6, 6.07) is 8.18. The molecule has 0 amide bonds. The zero-order chi connectivity index (χ0) is 12.8. The molecule has 1 saturated heterocycles. The first kappa shape index (κ1) is 13.2. The maximum absolute atomic E-state index is 9.55. The van der Waals surface area contributed by atoms with Crippen LogP contribution in [0.3, 0.4) is 0 Å². The van der Waals surface area contributed by atoms with Crippen LogP contribution in [0, 0.1) is 0 Å². The lowest BCUT2D eigenvalue weighted by molar-refractivity contribution is 0.259. The normalized spacial score (nSPS) is 20.6. The Morgan fingerprint density at radius 1 is 1.44 bits per heavy atom. The van der Waals surface area contributed by atoms with E-state index in [0.717, 1.165) is 37.5 Å². The highest BCUT2D eigenvalue weighted by atomic mass is 16.5. The zero-order valence-electron chi connectivity index (χ0n) is 10.9. The summed E-state index contributed by atoms with van der Waals surface area (Å²) >= 11 is 0. The van der Waals surface area contributed by atoms with E-state index in [1.165, 1.54) is 0 Å². The minimum absolute atomic E-state index is 0.120. The van der Waals surface area contributed by atoms with Crippen molar-refractivity contribution >= 4 is 5.69 Å². The first-order valence-corrected chi connectivity index (χ1v) is 6.67. The summed E-state index contributed by atoms with van der Waals surface area (Å²) in [4.78, 5) is 2.25. The van der Waals surface area contributed by atoms with Crippen LogP contribution in [0.1, 0.15) is 13.3 Å². The van der Waals surface area contributed by atoms with Crippen molar-refractivity contribution < 1.29 is 9.84 Å². The Balaban J connectivity index is 2.26. The fourth-order valence-corrected chi connectivity index (χ4v) is 2.39. The third-order valence-electron chi connectivity index (χ3n) is 3.26. The molecule has 1 aliphatic rings. The lowest BCUT2D eigenvalue weighted by Gasteiger charge is -2.31. The van der Waals surface area contributed by atoms with Crippen molar-refractivity contribution in [2.75, 3.05) is 37.7 Å². The van der Waals surface area contributed by atoms with Crippen LogP contribution < -0.4 is 15.0 Å². The minimum Gasteiger partial charge on any atom is -0.492 e. The van der Waals surface area contributed by atoms with Gasteiger partial charge in [-0.3, -0.25) is 0 Å². The van der Waals surface area contributed by atoms with Gasteiger partial charge in [0.15, 0.2) is 0 Å². The number of aliphatic hydroxyl groups excluding tert-OH is 1. The van der Waals surface area contributed by atoms with Crippen molar-refractivity contribution in [1.82, 2.24) is 5.32 Å². The van der Waals surface area contributed by atoms with Crippen LogP contribution in [-0.2, 0) is 0 Å². The van der Waals surface area contributed by atoms with Crippen molar-refractivity contribution in [2.45, 2.75) is 19.4 Å². The van der Waals surface area contributed by atoms with Crippen LogP contribution in [0.5, 0.6) is 5.75 Å². The van der Waals surface area contributed by atoms with E-state index in [0.29, 0.717) is 6.61 Å². The fraction of sp³-hybridized carbons (Fsp3) is 0.571. The van der Waals surface area contributed by atoms with Gasteiger partial charge in [0.1, 0.15) is 5.75 Å². The maximum Gasteiger partial charge on any atom is 0.142 e. The van der Waals surface area contributed by atoms with Gasteiger partial charge in [0.25, 0.3) is 0 Å². The van der Waals surface area contributed by atoms with Gasteiger partial charge < -0.3 is 20.1 Å². The van der Waals surface area contributed by atoms with E-state index in [9.17, 15) is 5.11 Å². The number of benzene rings is 1. The number of nitrogens with zero attached hydrogens (tertiary/aromatic N) is 1.